The van der Waals surface area contributed by atoms with E-state index < -0.39 is 5.82 Å². The van der Waals surface area contributed by atoms with E-state index in [1.54, 1.807) is 12.1 Å². The average molecular weight is 176 g/mol. The van der Waals surface area contributed by atoms with Crippen molar-refractivity contribution in [3.05, 3.63) is 35.1 Å². The van der Waals surface area contributed by atoms with Gasteiger partial charge in [0.15, 0.2) is 0 Å². The monoisotopic (exact) mass is 176 g/mol. The lowest BCUT2D eigenvalue weighted by atomic mass is 10.1. The van der Waals surface area contributed by atoms with Gasteiger partial charge in [-0.1, -0.05) is 12.0 Å². The van der Waals surface area contributed by atoms with Gasteiger partial charge < -0.3 is 0 Å². The largest absolute Gasteiger partial charge is 0.300 e. The minimum Gasteiger partial charge on any atom is -0.300 e. The van der Waals surface area contributed by atoms with Crippen LogP contribution in [0.2, 0.25) is 0 Å². The number of hydrogen-bond donors (Lipinski definition) is 0. The number of benzene rings is 1. The number of terminal acetylenes is 1. The summed E-state index contributed by atoms with van der Waals surface area (Å²) in [5.74, 6) is 1.85. The number of ketones is 1. The Labute approximate surface area is 76.6 Å². The molecule has 1 aromatic carbocycles. The van der Waals surface area contributed by atoms with Crippen molar-refractivity contribution >= 4 is 5.78 Å². The highest BCUT2D eigenvalue weighted by Gasteiger charge is 2.04. The van der Waals surface area contributed by atoms with E-state index in [0.29, 0.717) is 11.1 Å². The number of carbonyl (C=O) groups is 1. The highest BCUT2D eigenvalue weighted by Crippen LogP contribution is 2.10. The first-order valence-electron chi connectivity index (χ1n) is 3.88. The SMILES string of the molecule is C#Cc1ccc(CC(C)=O)c(F)c1. The van der Waals surface area contributed by atoms with Crippen LogP contribution in [-0.2, 0) is 11.2 Å². The number of rotatable bonds is 2. The molecule has 0 aromatic heterocycles. The molecule has 0 spiro atoms. The number of Topliss-reactive ketones (excluding diaryl/α,β-unsaturated/α-hetero) is 1. The van der Waals surface area contributed by atoms with E-state index in [-0.39, 0.29) is 12.2 Å². The first-order chi connectivity index (χ1) is 6.13. The molecular formula is C11H9FO. The maximum absolute atomic E-state index is 13.1. The lowest BCUT2D eigenvalue weighted by Gasteiger charge is -2.00. The molecule has 1 nitrogen and oxygen atoms in total. The molecule has 66 valence electrons. The standard InChI is InChI=1S/C11H9FO/c1-3-9-4-5-10(6-8(2)13)11(12)7-9/h1,4-5,7H,6H2,2H3. The predicted molar refractivity (Wildman–Crippen MR) is 48.7 cm³/mol. The Balaban J connectivity index is 3.00. The van der Waals surface area contributed by atoms with E-state index in [9.17, 15) is 9.18 Å². The zero-order chi connectivity index (χ0) is 9.84. The van der Waals surface area contributed by atoms with Gasteiger partial charge in [-0.15, -0.1) is 6.42 Å². The lowest BCUT2D eigenvalue weighted by molar-refractivity contribution is -0.116. The summed E-state index contributed by atoms with van der Waals surface area (Å²) >= 11 is 0. The molecule has 0 amide bonds. The van der Waals surface area contributed by atoms with E-state index in [1.807, 2.05) is 0 Å². The molecule has 13 heavy (non-hydrogen) atoms. The van der Waals surface area contributed by atoms with Gasteiger partial charge in [-0.25, -0.2) is 4.39 Å². The van der Waals surface area contributed by atoms with Crippen LogP contribution >= 0.6 is 0 Å². The Morgan fingerprint density at radius 2 is 2.31 bits per heavy atom. The molecule has 1 rings (SSSR count). The summed E-state index contributed by atoms with van der Waals surface area (Å²) in [5, 5.41) is 0. The fourth-order valence-electron chi connectivity index (χ4n) is 1.05. The minimum absolute atomic E-state index is 0.0626. The van der Waals surface area contributed by atoms with E-state index in [1.165, 1.54) is 13.0 Å². The summed E-state index contributed by atoms with van der Waals surface area (Å²) < 4.78 is 13.1. The first-order valence-corrected chi connectivity index (χ1v) is 3.88. The number of halogens is 1. The van der Waals surface area contributed by atoms with Gasteiger partial charge >= 0.3 is 0 Å². The average Bonchev–Trinajstić information content (AvgIpc) is 2.08. The molecule has 0 N–H and O–H groups in total. The van der Waals surface area contributed by atoms with Crippen molar-refractivity contribution in [1.82, 2.24) is 0 Å². The van der Waals surface area contributed by atoms with Gasteiger partial charge in [-0.05, 0) is 24.6 Å². The van der Waals surface area contributed by atoms with Crippen molar-refractivity contribution in [3.63, 3.8) is 0 Å². The van der Waals surface area contributed by atoms with E-state index in [4.69, 9.17) is 6.42 Å². The van der Waals surface area contributed by atoms with Crippen molar-refractivity contribution < 1.29 is 9.18 Å². The van der Waals surface area contributed by atoms with E-state index in [2.05, 4.69) is 5.92 Å². The molecule has 0 fully saturated rings. The maximum Gasteiger partial charge on any atom is 0.134 e. The van der Waals surface area contributed by atoms with Crippen molar-refractivity contribution in [1.29, 1.82) is 0 Å². The molecule has 0 atom stereocenters. The van der Waals surface area contributed by atoms with Crippen molar-refractivity contribution in [2.24, 2.45) is 0 Å². The molecule has 0 aliphatic rings. The zero-order valence-corrected chi connectivity index (χ0v) is 7.30. The number of carbonyl (C=O) groups excluding carboxylic acids is 1. The van der Waals surface area contributed by atoms with Gasteiger partial charge in [0.1, 0.15) is 11.6 Å². The van der Waals surface area contributed by atoms with Gasteiger partial charge in [0.05, 0.1) is 0 Å². The fourth-order valence-corrected chi connectivity index (χ4v) is 1.05. The third-order valence-corrected chi connectivity index (χ3v) is 1.66. The normalized spacial score (nSPS) is 9.31. The molecule has 0 heterocycles. The van der Waals surface area contributed by atoms with Crippen LogP contribution in [0.3, 0.4) is 0 Å². The molecule has 0 saturated carbocycles. The molecule has 2 heteroatoms. The Bertz CT molecular complexity index is 374. The third-order valence-electron chi connectivity index (χ3n) is 1.66. The second-order valence-corrected chi connectivity index (χ2v) is 2.83. The Morgan fingerprint density at radius 1 is 1.62 bits per heavy atom. The summed E-state index contributed by atoms with van der Waals surface area (Å²) in [4.78, 5) is 10.7. The van der Waals surface area contributed by atoms with Gasteiger partial charge in [-0.2, -0.15) is 0 Å². The van der Waals surface area contributed by atoms with E-state index >= 15 is 0 Å². The predicted octanol–water partition coefficient (Wildman–Crippen LogP) is 1.94. The van der Waals surface area contributed by atoms with Crippen LogP contribution in [0.1, 0.15) is 18.1 Å². The highest BCUT2D eigenvalue weighted by atomic mass is 19.1. The molecule has 0 unspecified atom stereocenters. The molecule has 0 saturated heterocycles. The van der Waals surface area contributed by atoms with Crippen LogP contribution in [0, 0.1) is 18.2 Å². The smallest absolute Gasteiger partial charge is 0.134 e. The Kier molecular flexibility index (Phi) is 2.81. The van der Waals surface area contributed by atoms with Gasteiger partial charge in [0.2, 0.25) is 0 Å². The first kappa shape index (κ1) is 9.47. The van der Waals surface area contributed by atoms with Crippen LogP contribution in [0.25, 0.3) is 0 Å². The summed E-state index contributed by atoms with van der Waals surface area (Å²) in [6.07, 6.45) is 5.21. The second-order valence-electron chi connectivity index (χ2n) is 2.83. The van der Waals surface area contributed by atoms with E-state index in [0.717, 1.165) is 0 Å². The summed E-state index contributed by atoms with van der Waals surface area (Å²) in [7, 11) is 0. The minimum atomic E-state index is -0.411. The second kappa shape index (κ2) is 3.86. The third kappa shape index (κ3) is 2.41. The van der Waals surface area contributed by atoms with Gasteiger partial charge in [-0.3, -0.25) is 4.79 Å². The van der Waals surface area contributed by atoms with Crippen LogP contribution in [0.4, 0.5) is 4.39 Å². The van der Waals surface area contributed by atoms with Crippen LogP contribution in [-0.4, -0.2) is 5.78 Å². The lowest BCUT2D eigenvalue weighted by Crippen LogP contribution is -1.99. The maximum atomic E-state index is 13.1. The topological polar surface area (TPSA) is 17.1 Å². The summed E-state index contributed by atoms with van der Waals surface area (Å²) in [6.45, 7) is 1.43. The molecule has 0 aliphatic heterocycles. The van der Waals surface area contributed by atoms with Crippen molar-refractivity contribution in [3.8, 4) is 12.3 Å². The molecule has 1 aromatic rings. The van der Waals surface area contributed by atoms with Crippen LogP contribution < -0.4 is 0 Å². The fraction of sp³-hybridized carbons (Fsp3) is 0.182. The quantitative estimate of drug-likeness (QED) is 0.629. The van der Waals surface area contributed by atoms with Crippen molar-refractivity contribution in [2.75, 3.05) is 0 Å². The van der Waals surface area contributed by atoms with Gasteiger partial charge in [0.25, 0.3) is 0 Å². The highest BCUT2D eigenvalue weighted by molar-refractivity contribution is 5.78. The Morgan fingerprint density at radius 3 is 2.77 bits per heavy atom. The summed E-state index contributed by atoms with van der Waals surface area (Å²) in [5.41, 5.74) is 0.885. The van der Waals surface area contributed by atoms with Gasteiger partial charge in [0, 0.05) is 12.0 Å². The summed E-state index contributed by atoms with van der Waals surface area (Å²) in [6, 6.07) is 4.44. The van der Waals surface area contributed by atoms with Crippen LogP contribution in [0.15, 0.2) is 18.2 Å². The van der Waals surface area contributed by atoms with Crippen LogP contribution in [0.5, 0.6) is 0 Å². The van der Waals surface area contributed by atoms with Crippen molar-refractivity contribution in [2.45, 2.75) is 13.3 Å². The Hall–Kier alpha value is -1.62. The molecule has 0 bridgehead atoms. The molecular weight excluding hydrogens is 167 g/mol. The molecule has 0 radical (unpaired) electrons. The molecule has 0 aliphatic carbocycles. The zero-order valence-electron chi connectivity index (χ0n) is 7.30. The number of hydrogen-bond acceptors (Lipinski definition) is 1.